The van der Waals surface area contributed by atoms with E-state index in [0.29, 0.717) is 13.1 Å². The van der Waals surface area contributed by atoms with Crippen molar-refractivity contribution in [2.24, 2.45) is 5.73 Å². The smallest absolute Gasteiger partial charge is 0.239 e. The Kier molecular flexibility index (Phi) is 4.31. The van der Waals surface area contributed by atoms with E-state index in [1.165, 1.54) is 0 Å². The number of carbonyl (C=O) groups excluding carboxylic acids is 1. The van der Waals surface area contributed by atoms with Gasteiger partial charge in [-0.05, 0) is 19.4 Å². The molecule has 3 nitrogen and oxygen atoms in total. The van der Waals surface area contributed by atoms with E-state index < -0.39 is 6.04 Å². The van der Waals surface area contributed by atoms with Crippen LogP contribution in [0.3, 0.4) is 0 Å². The van der Waals surface area contributed by atoms with E-state index in [-0.39, 0.29) is 5.91 Å². The zero-order valence-corrected chi connectivity index (χ0v) is 9.31. The number of amides is 1. The zero-order valence-electron chi connectivity index (χ0n) is 9.31. The standard InChI is InChI=1S/C12H18N2O/c1-3-14(12(15)10(2)13)9-11-7-5-4-6-8-11/h4-8,10H,3,9,13H2,1-2H3. The van der Waals surface area contributed by atoms with E-state index in [2.05, 4.69) is 0 Å². The van der Waals surface area contributed by atoms with Crippen LogP contribution in [0, 0.1) is 0 Å². The Labute approximate surface area is 90.9 Å². The van der Waals surface area contributed by atoms with Crippen molar-refractivity contribution >= 4 is 5.91 Å². The van der Waals surface area contributed by atoms with Crippen molar-refractivity contribution < 1.29 is 4.79 Å². The summed E-state index contributed by atoms with van der Waals surface area (Å²) in [7, 11) is 0. The molecule has 0 bridgehead atoms. The fourth-order valence-corrected chi connectivity index (χ4v) is 1.44. The molecule has 1 atom stereocenters. The lowest BCUT2D eigenvalue weighted by atomic mass is 10.2. The van der Waals surface area contributed by atoms with Crippen LogP contribution < -0.4 is 5.73 Å². The predicted molar refractivity (Wildman–Crippen MR) is 61.2 cm³/mol. The van der Waals surface area contributed by atoms with Crippen molar-refractivity contribution in [1.82, 2.24) is 4.90 Å². The molecule has 0 spiro atoms. The fraction of sp³-hybridized carbons (Fsp3) is 0.417. The summed E-state index contributed by atoms with van der Waals surface area (Å²) in [4.78, 5) is 13.4. The molecular weight excluding hydrogens is 188 g/mol. The van der Waals surface area contributed by atoms with Crippen molar-refractivity contribution in [1.29, 1.82) is 0 Å². The van der Waals surface area contributed by atoms with E-state index >= 15 is 0 Å². The third-order valence-electron chi connectivity index (χ3n) is 2.30. The van der Waals surface area contributed by atoms with Gasteiger partial charge in [0.2, 0.25) is 5.91 Å². The number of nitrogens with two attached hydrogens (primary N) is 1. The average Bonchev–Trinajstić information content (AvgIpc) is 2.26. The lowest BCUT2D eigenvalue weighted by Crippen LogP contribution is -2.41. The van der Waals surface area contributed by atoms with Crippen molar-refractivity contribution in [2.45, 2.75) is 26.4 Å². The van der Waals surface area contributed by atoms with Gasteiger partial charge in [-0.1, -0.05) is 30.3 Å². The summed E-state index contributed by atoms with van der Waals surface area (Å²) in [5.74, 6) is 0.00125. The molecule has 0 saturated heterocycles. The molecule has 0 aliphatic carbocycles. The molecule has 0 fully saturated rings. The van der Waals surface area contributed by atoms with Crippen LogP contribution in [-0.2, 0) is 11.3 Å². The minimum absolute atomic E-state index is 0.00125. The summed E-state index contributed by atoms with van der Waals surface area (Å²) in [6, 6.07) is 9.51. The van der Waals surface area contributed by atoms with Crippen LogP contribution in [0.25, 0.3) is 0 Å². The van der Waals surface area contributed by atoms with Crippen molar-refractivity contribution in [3.05, 3.63) is 35.9 Å². The maximum atomic E-state index is 11.7. The van der Waals surface area contributed by atoms with Gasteiger partial charge in [-0.2, -0.15) is 0 Å². The summed E-state index contributed by atoms with van der Waals surface area (Å²) in [6.45, 7) is 5.01. The van der Waals surface area contributed by atoms with E-state index in [9.17, 15) is 4.79 Å². The van der Waals surface area contributed by atoms with Gasteiger partial charge in [0.05, 0.1) is 6.04 Å². The molecule has 1 rings (SSSR count). The Hall–Kier alpha value is -1.35. The SMILES string of the molecule is CCN(Cc1ccccc1)C(=O)C(C)N. The highest BCUT2D eigenvalue weighted by atomic mass is 16.2. The van der Waals surface area contributed by atoms with Crippen LogP contribution in [0.2, 0.25) is 0 Å². The molecule has 0 heterocycles. The van der Waals surface area contributed by atoms with Crippen molar-refractivity contribution in [2.75, 3.05) is 6.54 Å². The highest BCUT2D eigenvalue weighted by Gasteiger charge is 2.15. The van der Waals surface area contributed by atoms with Gasteiger partial charge in [0.25, 0.3) is 0 Å². The highest BCUT2D eigenvalue weighted by Crippen LogP contribution is 2.05. The van der Waals surface area contributed by atoms with Gasteiger partial charge in [0, 0.05) is 13.1 Å². The Balaban J connectivity index is 2.66. The van der Waals surface area contributed by atoms with Crippen molar-refractivity contribution in [3.8, 4) is 0 Å². The molecule has 0 aliphatic rings. The van der Waals surface area contributed by atoms with E-state index in [1.54, 1.807) is 11.8 Å². The fourth-order valence-electron chi connectivity index (χ4n) is 1.44. The largest absolute Gasteiger partial charge is 0.337 e. The lowest BCUT2D eigenvalue weighted by molar-refractivity contribution is -0.132. The van der Waals surface area contributed by atoms with Crippen LogP contribution in [0.15, 0.2) is 30.3 Å². The monoisotopic (exact) mass is 206 g/mol. The average molecular weight is 206 g/mol. The number of benzene rings is 1. The number of likely N-dealkylation sites (N-methyl/N-ethyl adjacent to an activating group) is 1. The first-order chi connectivity index (χ1) is 7.15. The van der Waals surface area contributed by atoms with Crippen LogP contribution >= 0.6 is 0 Å². The van der Waals surface area contributed by atoms with Crippen LogP contribution in [0.4, 0.5) is 0 Å². The topological polar surface area (TPSA) is 46.3 Å². The molecule has 0 aromatic heterocycles. The van der Waals surface area contributed by atoms with Gasteiger partial charge in [-0.25, -0.2) is 0 Å². The highest BCUT2D eigenvalue weighted by molar-refractivity contribution is 5.81. The summed E-state index contributed by atoms with van der Waals surface area (Å²) >= 11 is 0. The first-order valence-corrected chi connectivity index (χ1v) is 5.23. The summed E-state index contributed by atoms with van der Waals surface area (Å²) < 4.78 is 0. The van der Waals surface area contributed by atoms with E-state index in [1.807, 2.05) is 37.3 Å². The van der Waals surface area contributed by atoms with Crippen LogP contribution in [0.5, 0.6) is 0 Å². The molecule has 82 valence electrons. The van der Waals surface area contributed by atoms with Crippen LogP contribution in [-0.4, -0.2) is 23.4 Å². The molecule has 1 amide bonds. The molecule has 1 unspecified atom stereocenters. The summed E-state index contributed by atoms with van der Waals surface area (Å²) in [5, 5.41) is 0. The third kappa shape index (κ3) is 3.36. The number of hydrogen-bond donors (Lipinski definition) is 1. The normalized spacial score (nSPS) is 12.2. The maximum absolute atomic E-state index is 11.7. The van der Waals surface area contributed by atoms with Gasteiger partial charge in [-0.15, -0.1) is 0 Å². The number of hydrogen-bond acceptors (Lipinski definition) is 2. The molecule has 2 N–H and O–H groups in total. The summed E-state index contributed by atoms with van der Waals surface area (Å²) in [5.41, 5.74) is 6.71. The second-order valence-electron chi connectivity index (χ2n) is 3.63. The second-order valence-corrected chi connectivity index (χ2v) is 3.63. The quantitative estimate of drug-likeness (QED) is 0.809. The van der Waals surface area contributed by atoms with Gasteiger partial charge in [-0.3, -0.25) is 4.79 Å². The molecular formula is C12H18N2O. The third-order valence-corrected chi connectivity index (χ3v) is 2.30. The molecule has 1 aromatic carbocycles. The number of carbonyl (C=O) groups is 1. The molecule has 0 radical (unpaired) electrons. The molecule has 15 heavy (non-hydrogen) atoms. The van der Waals surface area contributed by atoms with Gasteiger partial charge in [0.1, 0.15) is 0 Å². The molecule has 3 heteroatoms. The lowest BCUT2D eigenvalue weighted by Gasteiger charge is -2.22. The summed E-state index contributed by atoms with van der Waals surface area (Å²) in [6.07, 6.45) is 0. The zero-order chi connectivity index (χ0) is 11.3. The Morgan fingerprint density at radius 1 is 1.40 bits per heavy atom. The first kappa shape index (κ1) is 11.7. The van der Waals surface area contributed by atoms with Gasteiger partial charge < -0.3 is 10.6 Å². The Morgan fingerprint density at radius 2 is 2.00 bits per heavy atom. The Morgan fingerprint density at radius 3 is 2.47 bits per heavy atom. The number of nitrogens with zero attached hydrogens (tertiary/aromatic N) is 1. The van der Waals surface area contributed by atoms with Gasteiger partial charge in [0.15, 0.2) is 0 Å². The molecule has 1 aromatic rings. The molecule has 0 saturated carbocycles. The van der Waals surface area contributed by atoms with Crippen molar-refractivity contribution in [3.63, 3.8) is 0 Å². The predicted octanol–water partition coefficient (Wildman–Crippen LogP) is 1.38. The molecule has 0 aliphatic heterocycles. The number of rotatable bonds is 4. The minimum Gasteiger partial charge on any atom is -0.337 e. The minimum atomic E-state index is -0.423. The second kappa shape index (κ2) is 5.51. The Bertz CT molecular complexity index is 309. The first-order valence-electron chi connectivity index (χ1n) is 5.23. The van der Waals surface area contributed by atoms with E-state index in [4.69, 9.17) is 5.73 Å². The maximum Gasteiger partial charge on any atom is 0.239 e. The van der Waals surface area contributed by atoms with E-state index in [0.717, 1.165) is 5.56 Å². The van der Waals surface area contributed by atoms with Gasteiger partial charge >= 0.3 is 0 Å². The van der Waals surface area contributed by atoms with Crippen LogP contribution in [0.1, 0.15) is 19.4 Å².